The average molecular weight is 324 g/mol. The minimum Gasteiger partial charge on any atom is -0.350 e. The van der Waals surface area contributed by atoms with Crippen LogP contribution in [-0.2, 0) is 9.59 Å². The number of rotatable bonds is 6. The molecule has 1 aromatic heterocycles. The van der Waals surface area contributed by atoms with Crippen molar-refractivity contribution in [3.8, 4) is 0 Å². The van der Waals surface area contributed by atoms with E-state index in [4.69, 9.17) is 0 Å². The van der Waals surface area contributed by atoms with Gasteiger partial charge < -0.3 is 10.6 Å². The van der Waals surface area contributed by atoms with Gasteiger partial charge in [-0.05, 0) is 39.7 Å². The molecule has 1 aliphatic heterocycles. The first-order valence-electron chi connectivity index (χ1n) is 7.67. The Bertz CT molecular complexity index is 516. The van der Waals surface area contributed by atoms with Gasteiger partial charge in [0.25, 0.3) is 0 Å². The summed E-state index contributed by atoms with van der Waals surface area (Å²) >= 11 is 1.40. The summed E-state index contributed by atoms with van der Waals surface area (Å²) in [7, 11) is 0. The van der Waals surface area contributed by atoms with Gasteiger partial charge in [0.2, 0.25) is 11.8 Å². The fourth-order valence-electron chi connectivity index (χ4n) is 2.48. The predicted octanol–water partition coefficient (Wildman–Crippen LogP) is 1.85. The zero-order valence-electron chi connectivity index (χ0n) is 13.4. The lowest BCUT2D eigenvalue weighted by Crippen LogP contribution is -2.50. The molecule has 1 aliphatic rings. The molecule has 0 aliphatic carbocycles. The molecule has 22 heavy (non-hydrogen) atoms. The van der Waals surface area contributed by atoms with Crippen molar-refractivity contribution < 1.29 is 9.59 Å². The maximum Gasteiger partial charge on any atom is 0.243 e. The van der Waals surface area contributed by atoms with Gasteiger partial charge in [-0.2, -0.15) is 0 Å². The minimum atomic E-state index is -0.251. The zero-order valence-corrected chi connectivity index (χ0v) is 14.2. The standard InChI is InChI=1S/C15H24N4O2S/c1-4-15(2,3)18-12(20)10-19-8-5-6-11(19)13(21)17-14-16-7-9-22-14/h7,9,11H,4-6,8,10H2,1-3H3,(H,18,20)(H,16,17,21). The Kier molecular flexibility index (Phi) is 5.52. The fourth-order valence-corrected chi connectivity index (χ4v) is 3.01. The Labute approximate surface area is 135 Å². The molecule has 0 bridgehead atoms. The summed E-state index contributed by atoms with van der Waals surface area (Å²) in [6.07, 6.45) is 4.24. The van der Waals surface area contributed by atoms with E-state index in [9.17, 15) is 9.59 Å². The highest BCUT2D eigenvalue weighted by Crippen LogP contribution is 2.20. The smallest absolute Gasteiger partial charge is 0.243 e. The Morgan fingerprint density at radius 3 is 2.91 bits per heavy atom. The van der Waals surface area contributed by atoms with Crippen LogP contribution in [0.4, 0.5) is 5.13 Å². The summed E-state index contributed by atoms with van der Waals surface area (Å²) in [5.74, 6) is -0.101. The van der Waals surface area contributed by atoms with Crippen molar-refractivity contribution >= 4 is 28.3 Å². The molecule has 0 spiro atoms. The molecule has 2 amide bonds. The monoisotopic (exact) mass is 324 g/mol. The lowest BCUT2D eigenvalue weighted by molar-refractivity contribution is -0.126. The van der Waals surface area contributed by atoms with Crippen molar-refractivity contribution in [2.45, 2.75) is 51.6 Å². The van der Waals surface area contributed by atoms with Crippen LogP contribution in [0.1, 0.15) is 40.0 Å². The first-order valence-corrected chi connectivity index (χ1v) is 8.54. The van der Waals surface area contributed by atoms with Gasteiger partial charge in [-0.15, -0.1) is 11.3 Å². The van der Waals surface area contributed by atoms with Crippen molar-refractivity contribution in [1.29, 1.82) is 0 Å². The van der Waals surface area contributed by atoms with Crippen LogP contribution < -0.4 is 10.6 Å². The predicted molar refractivity (Wildman–Crippen MR) is 87.9 cm³/mol. The first kappa shape index (κ1) is 16.9. The van der Waals surface area contributed by atoms with E-state index in [-0.39, 0.29) is 29.9 Å². The van der Waals surface area contributed by atoms with Crippen LogP contribution in [0.5, 0.6) is 0 Å². The lowest BCUT2D eigenvalue weighted by Gasteiger charge is -2.28. The van der Waals surface area contributed by atoms with Gasteiger partial charge in [-0.3, -0.25) is 14.5 Å². The zero-order chi connectivity index (χ0) is 16.2. The highest BCUT2D eigenvalue weighted by atomic mass is 32.1. The molecule has 0 saturated carbocycles. The first-order chi connectivity index (χ1) is 10.4. The molecule has 2 N–H and O–H groups in total. The van der Waals surface area contributed by atoms with Gasteiger partial charge >= 0.3 is 0 Å². The van der Waals surface area contributed by atoms with E-state index in [1.54, 1.807) is 6.20 Å². The summed E-state index contributed by atoms with van der Waals surface area (Å²) in [4.78, 5) is 30.5. The Morgan fingerprint density at radius 2 is 2.27 bits per heavy atom. The van der Waals surface area contributed by atoms with Crippen LogP contribution in [0.2, 0.25) is 0 Å². The van der Waals surface area contributed by atoms with Gasteiger partial charge in [-0.1, -0.05) is 6.92 Å². The van der Waals surface area contributed by atoms with Crippen LogP contribution in [-0.4, -0.2) is 46.4 Å². The lowest BCUT2D eigenvalue weighted by atomic mass is 10.0. The third-order valence-corrected chi connectivity index (χ3v) is 4.73. The average Bonchev–Trinajstić information content (AvgIpc) is 3.09. The number of nitrogens with zero attached hydrogens (tertiary/aromatic N) is 2. The van der Waals surface area contributed by atoms with Crippen molar-refractivity contribution in [3.05, 3.63) is 11.6 Å². The maximum absolute atomic E-state index is 12.3. The number of hydrogen-bond acceptors (Lipinski definition) is 5. The van der Waals surface area contributed by atoms with E-state index in [0.29, 0.717) is 5.13 Å². The summed E-state index contributed by atoms with van der Waals surface area (Å²) < 4.78 is 0. The highest BCUT2D eigenvalue weighted by Gasteiger charge is 2.32. The number of carbonyl (C=O) groups excluding carboxylic acids is 2. The summed E-state index contributed by atoms with van der Waals surface area (Å²) in [5, 5.41) is 8.26. The quantitative estimate of drug-likeness (QED) is 0.837. The number of aromatic nitrogens is 1. The number of carbonyl (C=O) groups is 2. The molecule has 1 atom stereocenters. The molecule has 1 aromatic rings. The van der Waals surface area contributed by atoms with Crippen molar-refractivity contribution in [2.75, 3.05) is 18.4 Å². The van der Waals surface area contributed by atoms with Crippen LogP contribution in [0.3, 0.4) is 0 Å². The number of anilines is 1. The minimum absolute atomic E-state index is 0.0270. The molecule has 1 fully saturated rings. The number of amides is 2. The number of nitrogens with one attached hydrogen (secondary N) is 2. The molecule has 1 unspecified atom stereocenters. The largest absolute Gasteiger partial charge is 0.350 e. The van der Waals surface area contributed by atoms with E-state index in [2.05, 4.69) is 15.6 Å². The second-order valence-corrected chi connectivity index (χ2v) is 7.14. The number of likely N-dealkylation sites (tertiary alicyclic amines) is 1. The van der Waals surface area contributed by atoms with Gasteiger partial charge in [0.1, 0.15) is 0 Å². The highest BCUT2D eigenvalue weighted by molar-refractivity contribution is 7.13. The SMILES string of the molecule is CCC(C)(C)NC(=O)CN1CCCC1C(=O)Nc1nccs1. The molecule has 2 rings (SSSR count). The molecule has 6 nitrogen and oxygen atoms in total. The van der Waals surface area contributed by atoms with Crippen molar-refractivity contribution in [2.24, 2.45) is 0 Å². The van der Waals surface area contributed by atoms with Crippen LogP contribution in [0.15, 0.2) is 11.6 Å². The normalized spacial score (nSPS) is 19.1. The summed E-state index contributed by atoms with van der Waals surface area (Å²) in [5.41, 5.74) is -0.213. The van der Waals surface area contributed by atoms with E-state index in [1.165, 1.54) is 11.3 Å². The van der Waals surface area contributed by atoms with Crippen LogP contribution in [0.25, 0.3) is 0 Å². The van der Waals surface area contributed by atoms with Crippen molar-refractivity contribution in [1.82, 2.24) is 15.2 Å². The topological polar surface area (TPSA) is 74.3 Å². The molecule has 122 valence electrons. The molecule has 2 heterocycles. The Morgan fingerprint density at radius 1 is 1.50 bits per heavy atom. The van der Waals surface area contributed by atoms with Crippen molar-refractivity contribution in [3.63, 3.8) is 0 Å². The van der Waals surface area contributed by atoms with Crippen LogP contribution in [0, 0.1) is 0 Å². The summed E-state index contributed by atoms with van der Waals surface area (Å²) in [6.45, 7) is 7.08. The fraction of sp³-hybridized carbons (Fsp3) is 0.667. The molecule has 1 saturated heterocycles. The van der Waals surface area contributed by atoms with Crippen LogP contribution >= 0.6 is 11.3 Å². The second kappa shape index (κ2) is 7.19. The Balaban J connectivity index is 1.90. The van der Waals surface area contributed by atoms with Gasteiger partial charge in [0.15, 0.2) is 5.13 Å². The van der Waals surface area contributed by atoms with E-state index < -0.39 is 0 Å². The van der Waals surface area contributed by atoms with E-state index in [0.717, 1.165) is 25.8 Å². The third kappa shape index (κ3) is 4.51. The number of thiazole rings is 1. The van der Waals surface area contributed by atoms with E-state index >= 15 is 0 Å². The van der Waals surface area contributed by atoms with Gasteiger partial charge in [0, 0.05) is 17.1 Å². The summed E-state index contributed by atoms with van der Waals surface area (Å²) in [6, 6.07) is -0.251. The molecular formula is C15H24N4O2S. The third-order valence-electron chi connectivity index (χ3n) is 4.04. The van der Waals surface area contributed by atoms with E-state index in [1.807, 2.05) is 31.1 Å². The second-order valence-electron chi connectivity index (χ2n) is 6.24. The maximum atomic E-state index is 12.3. The Hall–Kier alpha value is -1.47. The van der Waals surface area contributed by atoms with Gasteiger partial charge in [0.05, 0.1) is 12.6 Å². The molecule has 7 heteroatoms. The number of hydrogen-bond donors (Lipinski definition) is 2. The van der Waals surface area contributed by atoms with Gasteiger partial charge in [-0.25, -0.2) is 4.98 Å². The molecule has 0 radical (unpaired) electrons. The molecule has 0 aromatic carbocycles. The molecular weight excluding hydrogens is 300 g/mol.